The number of fused-ring (bicyclic) bond motifs is 1. The summed E-state index contributed by atoms with van der Waals surface area (Å²) in [5.74, 6) is -2.05. The molecule has 1 unspecified atom stereocenters. The summed E-state index contributed by atoms with van der Waals surface area (Å²) in [6.07, 6.45) is 1.15. The van der Waals surface area contributed by atoms with Gasteiger partial charge in [-0.25, -0.2) is 0 Å². The minimum atomic E-state index is -1.06. The molecule has 1 aliphatic heterocycles. The third kappa shape index (κ3) is 5.03. The van der Waals surface area contributed by atoms with Crippen LogP contribution in [0.4, 0.5) is 5.69 Å². The quantitative estimate of drug-likeness (QED) is 0.336. The molecular weight excluding hydrogens is 390 g/mol. The van der Waals surface area contributed by atoms with E-state index in [0.29, 0.717) is 18.4 Å². The lowest BCUT2D eigenvalue weighted by molar-refractivity contribution is -0.154. The second-order valence-corrected chi connectivity index (χ2v) is 7.56. The Morgan fingerprint density at radius 2 is 1.93 bits per heavy atom. The number of esters is 1. The van der Waals surface area contributed by atoms with Crippen molar-refractivity contribution in [3.05, 3.63) is 29.3 Å². The summed E-state index contributed by atoms with van der Waals surface area (Å²) in [7, 11) is 1.46. The van der Waals surface area contributed by atoms with Gasteiger partial charge in [0.15, 0.2) is 0 Å². The van der Waals surface area contributed by atoms with Crippen molar-refractivity contribution in [3.63, 3.8) is 0 Å². The van der Waals surface area contributed by atoms with Gasteiger partial charge in [0.1, 0.15) is 18.4 Å². The first-order valence-corrected chi connectivity index (χ1v) is 9.77. The molecule has 2 rings (SSSR count). The lowest BCUT2D eigenvalue weighted by Crippen LogP contribution is -2.41. The van der Waals surface area contributed by atoms with Gasteiger partial charge in [0.05, 0.1) is 17.2 Å². The van der Waals surface area contributed by atoms with Crippen LogP contribution < -0.4 is 10.6 Å². The first-order chi connectivity index (χ1) is 14.1. The number of imide groups is 1. The van der Waals surface area contributed by atoms with Crippen molar-refractivity contribution in [3.8, 4) is 0 Å². The zero-order valence-electron chi connectivity index (χ0n) is 17.6. The van der Waals surface area contributed by atoms with Gasteiger partial charge in [-0.2, -0.15) is 0 Å². The first kappa shape index (κ1) is 23.1. The zero-order chi connectivity index (χ0) is 22.5. The fraction of sp³-hybridized carbons (Fsp3) is 0.476. The summed E-state index contributed by atoms with van der Waals surface area (Å²) in [6.45, 7) is 5.31. The third-order valence-corrected chi connectivity index (χ3v) is 5.05. The Bertz CT molecular complexity index is 864. The number of anilines is 1. The minimum Gasteiger partial charge on any atom is -0.458 e. The second-order valence-electron chi connectivity index (χ2n) is 7.56. The largest absolute Gasteiger partial charge is 0.458 e. The number of amides is 3. The molecule has 1 atom stereocenters. The standard InChI is InChI=1S/C21H27N3O6/c1-5-21(2,3)30-17(27)11-23-15-8-6-7-14-18(15)20(29)24(19(14)28)13(12-25)9-10-16(26)22-4/h6-8,12-13,23H,5,9-11H2,1-4H3,(H,22,26). The molecule has 1 aliphatic rings. The van der Waals surface area contributed by atoms with E-state index in [4.69, 9.17) is 4.74 Å². The van der Waals surface area contributed by atoms with Crippen molar-refractivity contribution < 1.29 is 28.7 Å². The van der Waals surface area contributed by atoms with Gasteiger partial charge in [-0.05, 0) is 38.8 Å². The average Bonchev–Trinajstić information content (AvgIpc) is 2.98. The van der Waals surface area contributed by atoms with Crippen LogP contribution in [0.25, 0.3) is 0 Å². The Morgan fingerprint density at radius 1 is 1.23 bits per heavy atom. The Morgan fingerprint density at radius 3 is 2.53 bits per heavy atom. The molecule has 0 radical (unpaired) electrons. The number of benzene rings is 1. The van der Waals surface area contributed by atoms with Gasteiger partial charge in [0.2, 0.25) is 5.91 Å². The van der Waals surface area contributed by atoms with Gasteiger partial charge < -0.3 is 20.2 Å². The van der Waals surface area contributed by atoms with Crippen molar-refractivity contribution in [2.45, 2.75) is 51.7 Å². The molecule has 0 fully saturated rings. The van der Waals surface area contributed by atoms with Gasteiger partial charge in [-0.1, -0.05) is 13.0 Å². The molecule has 162 valence electrons. The molecule has 0 saturated carbocycles. The van der Waals surface area contributed by atoms with Gasteiger partial charge in [0, 0.05) is 19.2 Å². The van der Waals surface area contributed by atoms with E-state index in [1.165, 1.54) is 13.1 Å². The zero-order valence-corrected chi connectivity index (χ0v) is 17.6. The predicted octanol–water partition coefficient (Wildman–Crippen LogP) is 1.52. The van der Waals surface area contributed by atoms with Crippen LogP contribution in [0.3, 0.4) is 0 Å². The number of rotatable bonds is 10. The normalized spacial score (nSPS) is 14.2. The van der Waals surface area contributed by atoms with E-state index in [1.54, 1.807) is 26.0 Å². The van der Waals surface area contributed by atoms with Crippen LogP contribution in [0, 0.1) is 0 Å². The Kier molecular flexibility index (Phi) is 7.31. The molecule has 0 spiro atoms. The van der Waals surface area contributed by atoms with E-state index in [9.17, 15) is 24.0 Å². The Labute approximate surface area is 175 Å². The molecule has 0 bridgehead atoms. The maximum atomic E-state index is 13.0. The number of nitrogens with zero attached hydrogens (tertiary/aromatic N) is 1. The number of hydrogen-bond acceptors (Lipinski definition) is 7. The molecule has 1 heterocycles. The van der Waals surface area contributed by atoms with Crippen molar-refractivity contribution in [1.29, 1.82) is 0 Å². The predicted molar refractivity (Wildman–Crippen MR) is 109 cm³/mol. The lowest BCUT2D eigenvalue weighted by Gasteiger charge is -2.23. The molecule has 0 saturated heterocycles. The maximum Gasteiger partial charge on any atom is 0.325 e. The summed E-state index contributed by atoms with van der Waals surface area (Å²) in [6, 6.07) is 3.59. The number of aldehydes is 1. The van der Waals surface area contributed by atoms with Crippen molar-refractivity contribution in [2.24, 2.45) is 0 Å². The topological polar surface area (TPSA) is 122 Å². The smallest absolute Gasteiger partial charge is 0.325 e. The highest BCUT2D eigenvalue weighted by atomic mass is 16.6. The fourth-order valence-electron chi connectivity index (χ4n) is 3.00. The lowest BCUT2D eigenvalue weighted by atomic mass is 10.1. The van der Waals surface area contributed by atoms with E-state index < -0.39 is 29.4 Å². The highest BCUT2D eigenvalue weighted by Gasteiger charge is 2.41. The van der Waals surface area contributed by atoms with Crippen molar-refractivity contribution >= 4 is 35.7 Å². The number of ether oxygens (including phenoxy) is 1. The molecule has 1 aromatic rings. The summed E-state index contributed by atoms with van der Waals surface area (Å²) >= 11 is 0. The molecule has 9 heteroatoms. The first-order valence-electron chi connectivity index (χ1n) is 9.77. The molecule has 3 amide bonds. The van der Waals surface area contributed by atoms with E-state index in [1.807, 2.05) is 6.92 Å². The van der Waals surface area contributed by atoms with Gasteiger partial charge in [0.25, 0.3) is 11.8 Å². The Balaban J connectivity index is 2.18. The van der Waals surface area contributed by atoms with E-state index in [-0.39, 0.29) is 36.4 Å². The maximum absolute atomic E-state index is 13.0. The van der Waals surface area contributed by atoms with Gasteiger partial charge >= 0.3 is 5.97 Å². The van der Waals surface area contributed by atoms with Crippen LogP contribution in [-0.4, -0.2) is 60.1 Å². The molecule has 2 N–H and O–H groups in total. The number of hydrogen-bond donors (Lipinski definition) is 2. The van der Waals surface area contributed by atoms with E-state index in [2.05, 4.69) is 10.6 Å². The molecular formula is C21H27N3O6. The fourth-order valence-corrected chi connectivity index (χ4v) is 3.00. The summed E-state index contributed by atoms with van der Waals surface area (Å²) in [5.41, 5.74) is -0.0754. The molecule has 1 aromatic carbocycles. The summed E-state index contributed by atoms with van der Waals surface area (Å²) < 4.78 is 5.37. The van der Waals surface area contributed by atoms with Crippen LogP contribution in [0.1, 0.15) is 60.7 Å². The number of nitrogens with one attached hydrogen (secondary N) is 2. The molecule has 0 aliphatic carbocycles. The van der Waals surface area contributed by atoms with Crippen LogP contribution >= 0.6 is 0 Å². The van der Waals surface area contributed by atoms with Crippen LogP contribution in [-0.2, 0) is 19.1 Å². The van der Waals surface area contributed by atoms with Crippen molar-refractivity contribution in [2.75, 3.05) is 18.9 Å². The van der Waals surface area contributed by atoms with E-state index in [0.717, 1.165) is 4.90 Å². The monoisotopic (exact) mass is 417 g/mol. The van der Waals surface area contributed by atoms with Gasteiger partial charge in [-0.15, -0.1) is 0 Å². The second kappa shape index (κ2) is 9.51. The molecule has 0 aromatic heterocycles. The summed E-state index contributed by atoms with van der Waals surface area (Å²) in [5, 5.41) is 5.29. The SMILES string of the molecule is CCC(C)(C)OC(=O)CNc1cccc2c1C(=O)N(C(C=O)CCC(=O)NC)C2=O. The Hall–Kier alpha value is -3.23. The van der Waals surface area contributed by atoms with Crippen molar-refractivity contribution in [1.82, 2.24) is 10.2 Å². The van der Waals surface area contributed by atoms with Crippen LogP contribution in [0.5, 0.6) is 0 Å². The van der Waals surface area contributed by atoms with Crippen LogP contribution in [0.15, 0.2) is 18.2 Å². The third-order valence-electron chi connectivity index (χ3n) is 5.05. The molecule has 30 heavy (non-hydrogen) atoms. The number of carbonyl (C=O) groups excluding carboxylic acids is 5. The number of carbonyl (C=O) groups is 5. The van der Waals surface area contributed by atoms with Crippen LogP contribution in [0.2, 0.25) is 0 Å². The minimum absolute atomic E-state index is 0.00251. The van der Waals surface area contributed by atoms with E-state index >= 15 is 0 Å². The average molecular weight is 417 g/mol. The van der Waals surface area contributed by atoms with Gasteiger partial charge in [-0.3, -0.25) is 24.1 Å². The highest BCUT2D eigenvalue weighted by Crippen LogP contribution is 2.31. The summed E-state index contributed by atoms with van der Waals surface area (Å²) in [4.78, 5) is 61.7. The molecule has 9 nitrogen and oxygen atoms in total. The highest BCUT2D eigenvalue weighted by molar-refractivity contribution is 6.24.